The number of hydrogen-bond donors (Lipinski definition) is 0. The fourth-order valence-electron chi connectivity index (χ4n) is 1.70. The van der Waals surface area contributed by atoms with E-state index in [1.54, 1.807) is 0 Å². The predicted octanol–water partition coefficient (Wildman–Crippen LogP) is 2.86. The first kappa shape index (κ1) is 8.11. The van der Waals surface area contributed by atoms with Crippen LogP contribution in [0.4, 0.5) is 0 Å². The number of thioether (sulfide) groups is 1. The summed E-state index contributed by atoms with van der Waals surface area (Å²) < 4.78 is 0. The Morgan fingerprint density at radius 2 is 2.33 bits per heavy atom. The van der Waals surface area contributed by atoms with E-state index >= 15 is 0 Å². The Kier molecular flexibility index (Phi) is 2.09. The lowest BCUT2D eigenvalue weighted by Gasteiger charge is -2.23. The summed E-state index contributed by atoms with van der Waals surface area (Å²) in [5.41, 5.74) is 1.52. The summed E-state index contributed by atoms with van der Waals surface area (Å²) in [7, 11) is 0. The van der Waals surface area contributed by atoms with Crippen molar-refractivity contribution in [3.63, 3.8) is 0 Å². The Labute approximate surface area is 77.7 Å². The molecule has 0 amide bonds. The minimum atomic E-state index is 0.437. The summed E-state index contributed by atoms with van der Waals surface area (Å²) in [6.45, 7) is 4.50. The maximum Gasteiger partial charge on any atom is 0.109 e. The van der Waals surface area contributed by atoms with E-state index in [0.717, 1.165) is 0 Å². The molecule has 0 N–H and O–H groups in total. The van der Waals surface area contributed by atoms with Crippen LogP contribution in [0.1, 0.15) is 13.8 Å². The van der Waals surface area contributed by atoms with E-state index in [2.05, 4.69) is 36.4 Å². The zero-order chi connectivity index (χ0) is 8.55. The number of nitrogens with zero attached hydrogens (tertiary/aromatic N) is 1. The van der Waals surface area contributed by atoms with E-state index in [1.807, 2.05) is 18.0 Å². The topological polar surface area (TPSA) is 12.4 Å². The van der Waals surface area contributed by atoms with E-state index in [-0.39, 0.29) is 0 Å². The van der Waals surface area contributed by atoms with Crippen LogP contribution in [-0.2, 0) is 0 Å². The molecule has 0 bridgehead atoms. The van der Waals surface area contributed by atoms with E-state index < -0.39 is 0 Å². The first-order valence-electron chi connectivity index (χ1n) is 4.34. The van der Waals surface area contributed by atoms with Crippen molar-refractivity contribution in [3.05, 3.63) is 23.1 Å². The van der Waals surface area contributed by atoms with Gasteiger partial charge in [0.1, 0.15) is 5.37 Å². The molecular weight excluding hydrogens is 166 g/mol. The molecule has 0 aromatic carbocycles. The fraction of sp³-hybridized carbons (Fsp3) is 0.500. The van der Waals surface area contributed by atoms with Gasteiger partial charge in [-0.2, -0.15) is 0 Å². The summed E-state index contributed by atoms with van der Waals surface area (Å²) in [4.78, 5) is 4.42. The number of rotatable bonds is 1. The third-order valence-electron chi connectivity index (χ3n) is 2.36. The molecule has 2 rings (SSSR count). The highest BCUT2D eigenvalue weighted by Gasteiger charge is 2.28. The lowest BCUT2D eigenvalue weighted by atomic mass is 9.88. The van der Waals surface area contributed by atoms with Crippen molar-refractivity contribution < 1.29 is 0 Å². The Hall–Kier alpha value is -0.500. The van der Waals surface area contributed by atoms with E-state index in [1.165, 1.54) is 5.57 Å². The molecule has 2 heterocycles. The number of allylic oxidation sites excluding steroid dienone is 1. The van der Waals surface area contributed by atoms with Crippen LogP contribution in [0.5, 0.6) is 0 Å². The zero-order valence-corrected chi connectivity index (χ0v) is 8.21. The van der Waals surface area contributed by atoms with Gasteiger partial charge in [-0.3, -0.25) is 4.99 Å². The first-order valence-corrected chi connectivity index (χ1v) is 5.28. The Balaban J connectivity index is 2.26. The van der Waals surface area contributed by atoms with Crippen molar-refractivity contribution in [2.45, 2.75) is 19.2 Å². The Bertz CT molecular complexity index is 263. The molecular formula is C10H13NS. The second-order valence-corrected chi connectivity index (χ2v) is 4.53. The number of fused-ring (bicyclic) bond motifs is 1. The van der Waals surface area contributed by atoms with E-state index in [0.29, 0.717) is 17.2 Å². The van der Waals surface area contributed by atoms with Crippen LogP contribution in [0.2, 0.25) is 0 Å². The van der Waals surface area contributed by atoms with Gasteiger partial charge in [0.25, 0.3) is 0 Å². The second-order valence-electron chi connectivity index (χ2n) is 3.50. The molecule has 2 aliphatic heterocycles. The van der Waals surface area contributed by atoms with Gasteiger partial charge in [-0.05, 0) is 17.4 Å². The molecule has 0 aromatic rings. The molecule has 0 saturated carbocycles. The van der Waals surface area contributed by atoms with Crippen LogP contribution >= 0.6 is 11.8 Å². The average molecular weight is 179 g/mol. The predicted molar refractivity (Wildman–Crippen MR) is 55.4 cm³/mol. The fourth-order valence-corrected chi connectivity index (χ4v) is 2.67. The standard InChI is InChI=1S/C10H13NS/c1-7(2)8-3-5-11-10-9(8)4-6-12-10/h3-7,9-10H,1-2H3. The summed E-state index contributed by atoms with van der Waals surface area (Å²) >= 11 is 1.83. The van der Waals surface area contributed by atoms with Gasteiger partial charge in [-0.1, -0.05) is 25.5 Å². The molecule has 1 nitrogen and oxygen atoms in total. The molecule has 12 heavy (non-hydrogen) atoms. The van der Waals surface area contributed by atoms with Gasteiger partial charge < -0.3 is 0 Å². The van der Waals surface area contributed by atoms with Crippen molar-refractivity contribution in [1.29, 1.82) is 0 Å². The van der Waals surface area contributed by atoms with Crippen LogP contribution in [0.15, 0.2) is 28.1 Å². The highest BCUT2D eigenvalue weighted by molar-refractivity contribution is 8.03. The van der Waals surface area contributed by atoms with Crippen LogP contribution in [0, 0.1) is 11.8 Å². The zero-order valence-electron chi connectivity index (χ0n) is 7.40. The van der Waals surface area contributed by atoms with Crippen LogP contribution < -0.4 is 0 Å². The number of aliphatic imine (C=N–C) groups is 1. The average Bonchev–Trinajstić information content (AvgIpc) is 2.49. The smallest absolute Gasteiger partial charge is 0.109 e. The minimum absolute atomic E-state index is 0.437. The lowest BCUT2D eigenvalue weighted by molar-refractivity contribution is 0.615. The van der Waals surface area contributed by atoms with Crippen LogP contribution in [-0.4, -0.2) is 11.6 Å². The second kappa shape index (κ2) is 3.09. The van der Waals surface area contributed by atoms with Gasteiger partial charge in [-0.25, -0.2) is 0 Å². The molecule has 0 fully saturated rings. The Morgan fingerprint density at radius 3 is 3.08 bits per heavy atom. The third kappa shape index (κ3) is 1.24. The lowest BCUT2D eigenvalue weighted by Crippen LogP contribution is -2.18. The monoisotopic (exact) mass is 179 g/mol. The molecule has 0 aliphatic carbocycles. The largest absolute Gasteiger partial charge is 0.278 e. The van der Waals surface area contributed by atoms with Crippen molar-refractivity contribution in [2.75, 3.05) is 0 Å². The molecule has 0 saturated heterocycles. The molecule has 2 aliphatic rings. The van der Waals surface area contributed by atoms with Crippen LogP contribution in [0.3, 0.4) is 0 Å². The first-order chi connectivity index (χ1) is 5.79. The molecule has 2 unspecified atom stereocenters. The summed E-state index contributed by atoms with van der Waals surface area (Å²) in [5.74, 6) is 1.22. The van der Waals surface area contributed by atoms with E-state index in [4.69, 9.17) is 0 Å². The Morgan fingerprint density at radius 1 is 1.50 bits per heavy atom. The highest BCUT2D eigenvalue weighted by Crippen LogP contribution is 2.39. The molecule has 64 valence electrons. The summed E-state index contributed by atoms with van der Waals surface area (Å²) in [5, 5.41) is 2.61. The quantitative estimate of drug-likeness (QED) is 0.603. The van der Waals surface area contributed by atoms with Gasteiger partial charge in [0.2, 0.25) is 0 Å². The molecule has 0 spiro atoms. The van der Waals surface area contributed by atoms with Gasteiger partial charge >= 0.3 is 0 Å². The van der Waals surface area contributed by atoms with Gasteiger partial charge in [0.15, 0.2) is 0 Å². The minimum Gasteiger partial charge on any atom is -0.278 e. The van der Waals surface area contributed by atoms with Gasteiger partial charge in [0, 0.05) is 12.1 Å². The van der Waals surface area contributed by atoms with Gasteiger partial charge in [0.05, 0.1) is 0 Å². The van der Waals surface area contributed by atoms with Gasteiger partial charge in [-0.15, -0.1) is 11.8 Å². The van der Waals surface area contributed by atoms with Crippen molar-refractivity contribution in [3.8, 4) is 0 Å². The van der Waals surface area contributed by atoms with Crippen molar-refractivity contribution >= 4 is 18.0 Å². The van der Waals surface area contributed by atoms with Crippen LogP contribution in [0.25, 0.3) is 0 Å². The van der Waals surface area contributed by atoms with Crippen molar-refractivity contribution in [1.82, 2.24) is 0 Å². The highest BCUT2D eigenvalue weighted by atomic mass is 32.2. The molecule has 0 aromatic heterocycles. The normalized spacial score (nSPS) is 32.4. The number of hydrogen-bond acceptors (Lipinski definition) is 2. The SMILES string of the molecule is CC(C)C1=CC=NC2SC=CC12. The summed E-state index contributed by atoms with van der Waals surface area (Å²) in [6, 6.07) is 0. The van der Waals surface area contributed by atoms with Crippen molar-refractivity contribution in [2.24, 2.45) is 16.8 Å². The molecule has 2 heteroatoms. The van der Waals surface area contributed by atoms with E-state index in [9.17, 15) is 0 Å². The number of dihydropyridines is 1. The summed E-state index contributed by atoms with van der Waals surface area (Å²) in [6.07, 6.45) is 6.40. The third-order valence-corrected chi connectivity index (χ3v) is 3.37. The molecule has 0 radical (unpaired) electrons. The molecule has 2 atom stereocenters. The maximum absolute atomic E-state index is 4.42. The maximum atomic E-state index is 4.42.